The number of amides is 2. The number of nitrogens with one attached hydrogen (secondary N) is 1. The molecule has 0 spiro atoms. The molecule has 1 aliphatic heterocycles. The summed E-state index contributed by atoms with van der Waals surface area (Å²) in [6.45, 7) is 6.36. The molecule has 2 amide bonds. The van der Waals surface area contributed by atoms with E-state index in [0.717, 1.165) is 11.8 Å². The van der Waals surface area contributed by atoms with Crippen molar-refractivity contribution in [2.75, 3.05) is 5.94 Å². The van der Waals surface area contributed by atoms with Crippen LogP contribution in [0.2, 0.25) is 0 Å². The summed E-state index contributed by atoms with van der Waals surface area (Å²) in [6, 6.07) is -0.567. The van der Waals surface area contributed by atoms with E-state index in [1.54, 1.807) is 13.8 Å². The van der Waals surface area contributed by atoms with E-state index in [1.807, 2.05) is 0 Å². The van der Waals surface area contributed by atoms with Crippen molar-refractivity contribution in [1.82, 2.24) is 10.4 Å². The van der Waals surface area contributed by atoms with E-state index in [-0.39, 0.29) is 22.9 Å². The fraction of sp³-hybridized carbons (Fsp3) is 0.700. The molecule has 6 nitrogen and oxygen atoms in total. The average molecular weight is 260 g/mol. The van der Waals surface area contributed by atoms with Crippen LogP contribution in [-0.4, -0.2) is 39.5 Å². The van der Waals surface area contributed by atoms with Crippen LogP contribution < -0.4 is 5.32 Å². The summed E-state index contributed by atoms with van der Waals surface area (Å²) in [4.78, 5) is 38.5. The summed E-state index contributed by atoms with van der Waals surface area (Å²) in [6.07, 6.45) is 0. The molecule has 1 fully saturated rings. The Balaban J connectivity index is 2.51. The number of nitrogens with zero attached hydrogens (tertiary/aromatic N) is 1. The summed E-state index contributed by atoms with van der Waals surface area (Å²) in [5.41, 5.74) is -0.597. The first-order chi connectivity index (χ1) is 7.76. The van der Waals surface area contributed by atoms with Gasteiger partial charge in [-0.05, 0) is 13.8 Å². The lowest BCUT2D eigenvalue weighted by Gasteiger charge is -2.51. The molecule has 17 heavy (non-hydrogen) atoms. The minimum Gasteiger partial charge on any atom is -0.342 e. The SMILES string of the molecule is CC(=O)N[C@@H]1C(=O)N(OCSC(C)=O)C1(C)C. The standard InChI is InChI=1S/C10H16N2O4S/c1-6(13)11-8-9(15)12(10(8,3)4)16-5-17-7(2)14/h8H,5H2,1-4H3,(H,11,13)/t8-/m1/s1. The molecule has 0 aliphatic carbocycles. The number of hydrogen-bond donors (Lipinski definition) is 1. The van der Waals surface area contributed by atoms with Crippen molar-refractivity contribution >= 4 is 28.7 Å². The molecule has 7 heteroatoms. The van der Waals surface area contributed by atoms with Crippen LogP contribution in [0.5, 0.6) is 0 Å². The summed E-state index contributed by atoms with van der Waals surface area (Å²) in [5.74, 6) is -0.458. The van der Waals surface area contributed by atoms with E-state index in [2.05, 4.69) is 5.32 Å². The van der Waals surface area contributed by atoms with Gasteiger partial charge in [0.05, 0.1) is 5.54 Å². The Bertz CT molecular complexity index is 356. The smallest absolute Gasteiger partial charge is 0.271 e. The Morgan fingerprint density at radius 3 is 2.47 bits per heavy atom. The third-order valence-electron chi connectivity index (χ3n) is 2.47. The summed E-state index contributed by atoms with van der Waals surface area (Å²) in [7, 11) is 0. The van der Waals surface area contributed by atoms with Gasteiger partial charge in [-0.3, -0.25) is 19.2 Å². The highest BCUT2D eigenvalue weighted by Crippen LogP contribution is 2.32. The van der Waals surface area contributed by atoms with Crippen molar-refractivity contribution < 1.29 is 19.2 Å². The van der Waals surface area contributed by atoms with Crippen molar-refractivity contribution in [2.45, 2.75) is 39.3 Å². The molecule has 0 saturated carbocycles. The van der Waals surface area contributed by atoms with Gasteiger partial charge in [0.2, 0.25) is 5.91 Å². The zero-order valence-electron chi connectivity index (χ0n) is 10.3. The van der Waals surface area contributed by atoms with E-state index in [9.17, 15) is 14.4 Å². The number of carbonyl (C=O) groups is 3. The van der Waals surface area contributed by atoms with Crippen LogP contribution in [0.25, 0.3) is 0 Å². The molecular formula is C10H16N2O4S. The average Bonchev–Trinajstić information content (AvgIpc) is 2.19. The maximum Gasteiger partial charge on any atom is 0.271 e. The first-order valence-corrected chi connectivity index (χ1v) is 6.13. The summed E-state index contributed by atoms with van der Waals surface area (Å²) < 4.78 is 0. The first-order valence-electron chi connectivity index (χ1n) is 5.14. The Morgan fingerprint density at radius 2 is 2.06 bits per heavy atom. The van der Waals surface area contributed by atoms with Crippen LogP contribution >= 0.6 is 11.8 Å². The third kappa shape index (κ3) is 2.98. The van der Waals surface area contributed by atoms with Gasteiger partial charge in [0.1, 0.15) is 12.0 Å². The minimum absolute atomic E-state index is 0.0748. The maximum absolute atomic E-state index is 11.7. The van der Waals surface area contributed by atoms with E-state index in [1.165, 1.54) is 18.9 Å². The predicted octanol–water partition coefficient (Wildman–Crippen LogP) is 0.281. The van der Waals surface area contributed by atoms with Gasteiger partial charge in [-0.1, -0.05) is 11.8 Å². The lowest BCUT2D eigenvalue weighted by Crippen LogP contribution is -2.76. The van der Waals surface area contributed by atoms with Crippen molar-refractivity contribution in [3.63, 3.8) is 0 Å². The van der Waals surface area contributed by atoms with Crippen molar-refractivity contribution in [3.05, 3.63) is 0 Å². The van der Waals surface area contributed by atoms with Crippen LogP contribution in [0.15, 0.2) is 0 Å². The van der Waals surface area contributed by atoms with Gasteiger partial charge in [-0.25, -0.2) is 5.06 Å². The number of hydrogen-bond acceptors (Lipinski definition) is 5. The Morgan fingerprint density at radius 1 is 1.47 bits per heavy atom. The number of rotatable bonds is 4. The van der Waals surface area contributed by atoms with Gasteiger partial charge in [0, 0.05) is 13.8 Å². The topological polar surface area (TPSA) is 75.7 Å². The van der Waals surface area contributed by atoms with Gasteiger partial charge in [-0.2, -0.15) is 0 Å². The molecule has 1 N–H and O–H groups in total. The van der Waals surface area contributed by atoms with Gasteiger partial charge in [0.15, 0.2) is 5.12 Å². The highest BCUT2D eigenvalue weighted by Gasteiger charge is 2.56. The summed E-state index contributed by atoms with van der Waals surface area (Å²) >= 11 is 0.984. The maximum atomic E-state index is 11.7. The number of hydroxylamine groups is 2. The molecule has 1 rings (SSSR count). The fourth-order valence-corrected chi connectivity index (χ4v) is 1.91. The first kappa shape index (κ1) is 14.0. The molecule has 96 valence electrons. The Hall–Kier alpha value is -1.08. The minimum atomic E-state index is -0.597. The fourth-order valence-electron chi connectivity index (χ4n) is 1.59. The van der Waals surface area contributed by atoms with Gasteiger partial charge in [-0.15, -0.1) is 0 Å². The lowest BCUT2D eigenvalue weighted by atomic mass is 9.84. The predicted molar refractivity (Wildman–Crippen MR) is 62.8 cm³/mol. The highest BCUT2D eigenvalue weighted by atomic mass is 32.2. The van der Waals surface area contributed by atoms with E-state index in [4.69, 9.17) is 4.84 Å². The molecule has 0 aromatic heterocycles. The van der Waals surface area contributed by atoms with Crippen molar-refractivity contribution in [3.8, 4) is 0 Å². The zero-order chi connectivity index (χ0) is 13.2. The largest absolute Gasteiger partial charge is 0.342 e. The number of carbonyl (C=O) groups excluding carboxylic acids is 3. The highest BCUT2D eigenvalue weighted by molar-refractivity contribution is 8.13. The van der Waals surface area contributed by atoms with Crippen molar-refractivity contribution in [1.29, 1.82) is 0 Å². The van der Waals surface area contributed by atoms with Crippen LogP contribution in [0.1, 0.15) is 27.7 Å². The number of β-lactam (4-membered cyclic amide) rings is 1. The summed E-state index contributed by atoms with van der Waals surface area (Å²) in [5, 5.41) is 3.69. The Kier molecular flexibility index (Phi) is 4.16. The monoisotopic (exact) mass is 260 g/mol. The van der Waals surface area contributed by atoms with Crippen LogP contribution in [-0.2, 0) is 19.2 Å². The second-order valence-electron chi connectivity index (χ2n) is 4.30. The molecular weight excluding hydrogens is 244 g/mol. The van der Waals surface area contributed by atoms with E-state index < -0.39 is 11.6 Å². The lowest BCUT2D eigenvalue weighted by molar-refractivity contribution is -0.249. The van der Waals surface area contributed by atoms with Crippen LogP contribution in [0, 0.1) is 0 Å². The molecule has 0 bridgehead atoms. The third-order valence-corrected chi connectivity index (χ3v) is 3.10. The Labute approximate surface area is 104 Å². The van der Waals surface area contributed by atoms with Crippen LogP contribution in [0.3, 0.4) is 0 Å². The molecule has 0 unspecified atom stereocenters. The van der Waals surface area contributed by atoms with Gasteiger partial charge in [0.25, 0.3) is 5.91 Å². The molecule has 0 aromatic rings. The second kappa shape index (κ2) is 5.05. The quantitative estimate of drug-likeness (QED) is 0.580. The van der Waals surface area contributed by atoms with Gasteiger partial charge < -0.3 is 5.32 Å². The molecule has 1 aliphatic rings. The molecule has 0 radical (unpaired) electrons. The van der Waals surface area contributed by atoms with E-state index in [0.29, 0.717) is 0 Å². The van der Waals surface area contributed by atoms with Crippen LogP contribution in [0.4, 0.5) is 0 Å². The molecule has 1 saturated heterocycles. The molecule has 0 aromatic carbocycles. The normalized spacial score (nSPS) is 22.0. The van der Waals surface area contributed by atoms with E-state index >= 15 is 0 Å². The molecule has 1 heterocycles. The zero-order valence-corrected chi connectivity index (χ0v) is 11.1. The van der Waals surface area contributed by atoms with Crippen molar-refractivity contribution in [2.24, 2.45) is 0 Å². The number of thioether (sulfide) groups is 1. The van der Waals surface area contributed by atoms with Gasteiger partial charge >= 0.3 is 0 Å². The second-order valence-corrected chi connectivity index (χ2v) is 5.40. The molecule has 1 atom stereocenters.